The van der Waals surface area contributed by atoms with E-state index in [1.54, 1.807) is 24.3 Å². The number of nitrogens with two attached hydrogens (primary N) is 1. The van der Waals surface area contributed by atoms with E-state index in [4.69, 9.17) is 10.8 Å². The minimum Gasteiger partial charge on any atom is -0.481 e. The van der Waals surface area contributed by atoms with Crippen molar-refractivity contribution < 1.29 is 14.7 Å². The summed E-state index contributed by atoms with van der Waals surface area (Å²) in [6, 6.07) is 6.56. The van der Waals surface area contributed by atoms with Crippen molar-refractivity contribution >= 4 is 23.4 Å². The standard InChI is InChI=1S/C15H21N3O3/c16-11-6-2-3-7-12(11)17-14(21)18-15(10-13(19)20)8-4-1-5-9-15/h2-3,6-7H,1,4-5,8-10,16H2,(H,19,20)(H2,17,18,21). The lowest BCUT2D eigenvalue weighted by Crippen LogP contribution is -2.52. The van der Waals surface area contributed by atoms with Crippen LogP contribution in [0.3, 0.4) is 0 Å². The number of carboxylic acids is 1. The molecule has 0 saturated heterocycles. The minimum atomic E-state index is -0.892. The van der Waals surface area contributed by atoms with Crippen LogP contribution in [0.1, 0.15) is 38.5 Å². The normalized spacial score (nSPS) is 17.0. The first kappa shape index (κ1) is 15.2. The first-order valence-corrected chi connectivity index (χ1v) is 7.16. The van der Waals surface area contributed by atoms with Crippen LogP contribution in [0.5, 0.6) is 0 Å². The number of urea groups is 1. The fourth-order valence-electron chi connectivity index (χ4n) is 2.87. The van der Waals surface area contributed by atoms with Gasteiger partial charge >= 0.3 is 12.0 Å². The zero-order chi connectivity index (χ0) is 15.3. The average molecular weight is 291 g/mol. The number of carbonyl (C=O) groups is 2. The van der Waals surface area contributed by atoms with Crippen molar-refractivity contribution in [1.29, 1.82) is 0 Å². The second kappa shape index (κ2) is 6.47. The van der Waals surface area contributed by atoms with Crippen molar-refractivity contribution in [3.05, 3.63) is 24.3 Å². The Hall–Kier alpha value is -2.24. The van der Waals surface area contributed by atoms with Gasteiger partial charge in [-0.25, -0.2) is 4.79 Å². The Morgan fingerprint density at radius 1 is 1.19 bits per heavy atom. The molecule has 0 aromatic heterocycles. The topological polar surface area (TPSA) is 104 Å². The van der Waals surface area contributed by atoms with Gasteiger partial charge in [0, 0.05) is 0 Å². The first-order valence-electron chi connectivity index (χ1n) is 7.16. The highest BCUT2D eigenvalue weighted by molar-refractivity contribution is 5.93. The third-order valence-corrected chi connectivity index (χ3v) is 3.89. The number of nitrogens with one attached hydrogen (secondary N) is 2. The van der Waals surface area contributed by atoms with E-state index < -0.39 is 17.5 Å². The maximum atomic E-state index is 12.1. The summed E-state index contributed by atoms with van der Waals surface area (Å²) in [5.74, 6) is -0.892. The summed E-state index contributed by atoms with van der Waals surface area (Å²) in [6.07, 6.45) is 4.27. The molecule has 0 heterocycles. The fourth-order valence-corrected chi connectivity index (χ4v) is 2.87. The molecule has 21 heavy (non-hydrogen) atoms. The van der Waals surface area contributed by atoms with Crippen LogP contribution in [0.2, 0.25) is 0 Å². The summed E-state index contributed by atoms with van der Waals surface area (Å²) in [5, 5.41) is 14.6. The van der Waals surface area contributed by atoms with E-state index in [0.29, 0.717) is 24.2 Å². The van der Waals surface area contributed by atoms with Gasteiger partial charge < -0.3 is 21.5 Å². The van der Waals surface area contributed by atoms with E-state index in [2.05, 4.69) is 10.6 Å². The second-order valence-corrected chi connectivity index (χ2v) is 5.58. The number of carboxylic acid groups (broad SMARTS) is 1. The van der Waals surface area contributed by atoms with Crippen LogP contribution in [0.15, 0.2) is 24.3 Å². The zero-order valence-corrected chi connectivity index (χ0v) is 11.9. The Morgan fingerprint density at radius 3 is 2.48 bits per heavy atom. The van der Waals surface area contributed by atoms with Crippen LogP contribution in [-0.4, -0.2) is 22.6 Å². The smallest absolute Gasteiger partial charge is 0.319 e. The van der Waals surface area contributed by atoms with E-state index in [-0.39, 0.29) is 6.42 Å². The van der Waals surface area contributed by atoms with Gasteiger partial charge in [-0.05, 0) is 25.0 Å². The molecule has 114 valence electrons. The number of anilines is 2. The summed E-state index contributed by atoms with van der Waals surface area (Å²) in [6.45, 7) is 0. The molecule has 1 aliphatic rings. The molecule has 0 unspecified atom stereocenters. The zero-order valence-electron chi connectivity index (χ0n) is 11.9. The van der Waals surface area contributed by atoms with Crippen molar-refractivity contribution in [2.45, 2.75) is 44.1 Å². The van der Waals surface area contributed by atoms with Crippen molar-refractivity contribution in [1.82, 2.24) is 5.32 Å². The molecule has 0 spiro atoms. The van der Waals surface area contributed by atoms with E-state index in [1.165, 1.54) is 0 Å². The van der Waals surface area contributed by atoms with Crippen LogP contribution in [0, 0.1) is 0 Å². The number of rotatable bonds is 4. The summed E-state index contributed by atoms with van der Waals surface area (Å²) in [5.41, 5.74) is 6.12. The quantitative estimate of drug-likeness (QED) is 0.640. The highest BCUT2D eigenvalue weighted by Crippen LogP contribution is 2.31. The molecule has 0 bridgehead atoms. The molecule has 5 N–H and O–H groups in total. The Kier molecular flexibility index (Phi) is 4.67. The van der Waals surface area contributed by atoms with E-state index >= 15 is 0 Å². The Bertz CT molecular complexity index is 525. The molecule has 1 aliphatic carbocycles. The Morgan fingerprint density at radius 2 is 1.86 bits per heavy atom. The minimum absolute atomic E-state index is 0.0509. The monoisotopic (exact) mass is 291 g/mol. The molecule has 0 atom stereocenters. The summed E-state index contributed by atoms with van der Waals surface area (Å²) < 4.78 is 0. The number of nitrogen functional groups attached to an aromatic ring is 1. The van der Waals surface area contributed by atoms with Gasteiger partial charge in [0.15, 0.2) is 0 Å². The summed E-state index contributed by atoms with van der Waals surface area (Å²) in [7, 11) is 0. The maximum Gasteiger partial charge on any atom is 0.319 e. The van der Waals surface area contributed by atoms with Gasteiger partial charge in [-0.1, -0.05) is 31.4 Å². The molecular formula is C15H21N3O3. The third-order valence-electron chi connectivity index (χ3n) is 3.89. The summed E-state index contributed by atoms with van der Waals surface area (Å²) in [4.78, 5) is 23.2. The van der Waals surface area contributed by atoms with Crippen molar-refractivity contribution in [3.8, 4) is 0 Å². The lowest BCUT2D eigenvalue weighted by atomic mass is 9.79. The fraction of sp³-hybridized carbons (Fsp3) is 0.467. The molecular weight excluding hydrogens is 270 g/mol. The molecule has 1 saturated carbocycles. The van der Waals surface area contributed by atoms with Crippen molar-refractivity contribution in [3.63, 3.8) is 0 Å². The van der Waals surface area contributed by atoms with Gasteiger partial charge in [0.2, 0.25) is 0 Å². The predicted molar refractivity (Wildman–Crippen MR) is 81.1 cm³/mol. The lowest BCUT2D eigenvalue weighted by molar-refractivity contribution is -0.138. The number of amides is 2. The molecule has 1 aromatic rings. The molecule has 1 fully saturated rings. The van der Waals surface area contributed by atoms with Crippen LogP contribution in [0.4, 0.5) is 16.2 Å². The van der Waals surface area contributed by atoms with Gasteiger partial charge in [0.1, 0.15) is 0 Å². The Labute approximate surface area is 123 Å². The van der Waals surface area contributed by atoms with Crippen LogP contribution in [0.25, 0.3) is 0 Å². The largest absolute Gasteiger partial charge is 0.481 e. The van der Waals surface area contributed by atoms with E-state index in [1.807, 2.05) is 0 Å². The highest BCUT2D eigenvalue weighted by Gasteiger charge is 2.35. The van der Waals surface area contributed by atoms with E-state index in [9.17, 15) is 9.59 Å². The number of para-hydroxylation sites is 2. The van der Waals surface area contributed by atoms with Crippen LogP contribution in [-0.2, 0) is 4.79 Å². The molecule has 6 nitrogen and oxygen atoms in total. The molecule has 2 rings (SSSR count). The molecule has 6 heteroatoms. The Balaban J connectivity index is 2.04. The molecule has 0 radical (unpaired) electrons. The molecule has 2 amide bonds. The van der Waals surface area contributed by atoms with Crippen LogP contribution >= 0.6 is 0 Å². The van der Waals surface area contributed by atoms with Gasteiger partial charge in [0.25, 0.3) is 0 Å². The number of hydrogen-bond donors (Lipinski definition) is 4. The van der Waals surface area contributed by atoms with Crippen LogP contribution < -0.4 is 16.4 Å². The van der Waals surface area contributed by atoms with Gasteiger partial charge in [-0.2, -0.15) is 0 Å². The molecule has 1 aromatic carbocycles. The SMILES string of the molecule is Nc1ccccc1NC(=O)NC1(CC(=O)O)CCCCC1. The maximum absolute atomic E-state index is 12.1. The number of hydrogen-bond acceptors (Lipinski definition) is 3. The molecule has 0 aliphatic heterocycles. The third kappa shape index (κ3) is 4.11. The highest BCUT2D eigenvalue weighted by atomic mass is 16.4. The van der Waals surface area contributed by atoms with Gasteiger partial charge in [-0.15, -0.1) is 0 Å². The lowest BCUT2D eigenvalue weighted by Gasteiger charge is -2.36. The first-order chi connectivity index (χ1) is 10.0. The predicted octanol–water partition coefficient (Wildman–Crippen LogP) is 2.57. The van der Waals surface area contributed by atoms with Crippen molar-refractivity contribution in [2.24, 2.45) is 0 Å². The second-order valence-electron chi connectivity index (χ2n) is 5.58. The number of aliphatic carboxylic acids is 1. The number of benzene rings is 1. The van der Waals surface area contributed by atoms with Crippen molar-refractivity contribution in [2.75, 3.05) is 11.1 Å². The average Bonchev–Trinajstić information content (AvgIpc) is 2.41. The van der Waals surface area contributed by atoms with Gasteiger partial charge in [-0.3, -0.25) is 4.79 Å². The van der Waals surface area contributed by atoms with E-state index in [0.717, 1.165) is 19.3 Å². The number of carbonyl (C=O) groups excluding carboxylic acids is 1. The van der Waals surface area contributed by atoms with Gasteiger partial charge in [0.05, 0.1) is 23.3 Å². The summed E-state index contributed by atoms with van der Waals surface area (Å²) >= 11 is 0.